The Morgan fingerprint density at radius 3 is 1.54 bits per heavy atom. The molecular weight excluding hydrogens is 925 g/mol. The van der Waals surface area contributed by atoms with E-state index in [1.807, 2.05) is 34.6 Å². The van der Waals surface area contributed by atoms with Crippen molar-refractivity contribution in [2.75, 3.05) is 44.7 Å². The summed E-state index contributed by atoms with van der Waals surface area (Å²) in [7, 11) is 0. The van der Waals surface area contributed by atoms with Gasteiger partial charge in [-0.15, -0.1) is 0 Å². The number of nitrogens with two attached hydrogens (primary N) is 1. The van der Waals surface area contributed by atoms with Crippen LogP contribution in [0.1, 0.15) is 114 Å². The van der Waals surface area contributed by atoms with Gasteiger partial charge in [0.25, 0.3) is 11.9 Å². The molecule has 0 bridgehead atoms. The number of carbonyl (C=O) groups excluding carboxylic acids is 9. The van der Waals surface area contributed by atoms with Gasteiger partial charge in [-0.2, -0.15) is 0 Å². The van der Waals surface area contributed by atoms with Crippen molar-refractivity contribution in [1.82, 2.24) is 31.9 Å². The molecule has 1 aromatic carbocycles. The lowest BCUT2D eigenvalue weighted by Gasteiger charge is -2.22. The Labute approximate surface area is 409 Å². The fourth-order valence-corrected chi connectivity index (χ4v) is 4.27. The SMILES string of the molecule is CC.CC.CC(=O)O.CC(=O)O.CC(=O)OCc1ccc(NC(=O)CNC(=O)C(NC(=O)CNC(=O)C(CC(=O)O)NC(=O)CNC(=O)CCOCCC(=O)C(C)C)C(C)C)cc1.CCCNC(N)=O. The van der Waals surface area contributed by atoms with Crippen molar-refractivity contribution in [2.24, 2.45) is 17.6 Å². The number of esters is 1. The second kappa shape index (κ2) is 45.6. The van der Waals surface area contributed by atoms with Gasteiger partial charge in [0, 0.05) is 51.8 Å². The van der Waals surface area contributed by atoms with Crippen LogP contribution in [0.25, 0.3) is 0 Å². The average molecular weight is 1000 g/mol. The van der Waals surface area contributed by atoms with Gasteiger partial charge in [-0.25, -0.2) is 4.79 Å². The van der Waals surface area contributed by atoms with Gasteiger partial charge >= 0.3 is 18.0 Å². The summed E-state index contributed by atoms with van der Waals surface area (Å²) in [6.07, 6.45) is 0.219. The summed E-state index contributed by atoms with van der Waals surface area (Å²) in [6, 6.07) is 3.35. The number of hydrogen-bond acceptors (Lipinski definition) is 14. The van der Waals surface area contributed by atoms with Crippen molar-refractivity contribution in [3.05, 3.63) is 29.8 Å². The number of hydrogen-bond donors (Lipinski definition) is 11. The highest BCUT2D eigenvalue weighted by Gasteiger charge is 2.27. The van der Waals surface area contributed by atoms with Crippen LogP contribution < -0.4 is 43.0 Å². The highest BCUT2D eigenvalue weighted by Crippen LogP contribution is 2.10. The fourth-order valence-electron chi connectivity index (χ4n) is 4.27. The van der Waals surface area contributed by atoms with Gasteiger partial charge < -0.3 is 67.7 Å². The topological polar surface area (TPSA) is 394 Å². The second-order valence-corrected chi connectivity index (χ2v) is 14.3. The Balaban J connectivity index is -0.000000628. The lowest BCUT2D eigenvalue weighted by atomic mass is 10.0. The van der Waals surface area contributed by atoms with E-state index in [2.05, 4.69) is 37.2 Å². The predicted molar refractivity (Wildman–Crippen MR) is 258 cm³/mol. The number of anilines is 1. The van der Waals surface area contributed by atoms with Gasteiger partial charge in [0.05, 0.1) is 39.3 Å². The minimum Gasteiger partial charge on any atom is -0.481 e. The van der Waals surface area contributed by atoms with Crippen LogP contribution in [-0.2, 0) is 68.8 Å². The Morgan fingerprint density at radius 1 is 0.629 bits per heavy atom. The molecule has 0 radical (unpaired) electrons. The third-order valence-corrected chi connectivity index (χ3v) is 7.43. The van der Waals surface area contributed by atoms with Gasteiger partial charge in [-0.05, 0) is 30.0 Å². The zero-order valence-corrected chi connectivity index (χ0v) is 42.5. The van der Waals surface area contributed by atoms with Crippen LogP contribution in [-0.4, -0.2) is 138 Å². The number of benzene rings is 1. The predicted octanol–water partition coefficient (Wildman–Crippen LogP) is 1.46. The van der Waals surface area contributed by atoms with Crippen LogP contribution in [0.15, 0.2) is 24.3 Å². The van der Waals surface area contributed by atoms with Crippen LogP contribution in [0.5, 0.6) is 0 Å². The molecule has 0 aliphatic rings. The fraction of sp³-hybridized carbons (Fsp3) is 0.600. The minimum absolute atomic E-state index is 0.0106. The number of ether oxygens (including phenoxy) is 2. The number of aliphatic carboxylic acids is 3. The van der Waals surface area contributed by atoms with E-state index in [0.29, 0.717) is 17.8 Å². The Kier molecular flexibility index (Phi) is 46.8. The maximum absolute atomic E-state index is 12.8. The first-order valence-electron chi connectivity index (χ1n) is 22.4. The number of nitrogens with one attached hydrogen (secondary N) is 7. The standard InChI is InChI=1S/C33H48N6O12.C4H10N2O.2C2H4O2.2C2H6/c1-19(2)25(41)10-12-50-13-11-26(42)34-15-28(44)38-24(14-30(46)47)32(48)35-17-29(45)39-31(20(3)4)33(49)36-16-27(43)37-23-8-6-22(7-9-23)18-51-21(5)40;1-2-3-6-4(5)7;2*1-2(3)4;2*1-2/h6-9,19-20,24,31H,10-18H2,1-5H3,(H,34,42)(H,35,48)(H,36,49)(H,37,43)(H,38,44)(H,39,45)(H,46,47);2-3H2,1H3,(H3,5,6,7);2*1H3,(H,3,4);2*1-2H3. The molecule has 25 heteroatoms. The first-order valence-corrected chi connectivity index (χ1v) is 22.4. The van der Waals surface area contributed by atoms with Gasteiger partial charge in [-0.1, -0.05) is 74.4 Å². The molecule has 0 aliphatic heterocycles. The van der Waals surface area contributed by atoms with Gasteiger partial charge in [0.2, 0.25) is 35.4 Å². The molecule has 0 fully saturated rings. The van der Waals surface area contributed by atoms with Crippen molar-refractivity contribution < 1.29 is 82.3 Å². The van der Waals surface area contributed by atoms with E-state index in [9.17, 15) is 53.1 Å². The molecule has 0 aromatic heterocycles. The molecule has 12 N–H and O–H groups in total. The molecule has 0 spiro atoms. The average Bonchev–Trinajstić information content (AvgIpc) is 3.28. The highest BCUT2D eigenvalue weighted by molar-refractivity contribution is 5.97. The maximum Gasteiger partial charge on any atom is 0.312 e. The number of primary amides is 1. The lowest BCUT2D eigenvalue weighted by Crippen LogP contribution is -2.55. The number of carbonyl (C=O) groups is 12. The maximum atomic E-state index is 12.8. The number of carboxylic acids is 3. The quantitative estimate of drug-likeness (QED) is 0.0488. The van der Waals surface area contributed by atoms with E-state index in [1.165, 1.54) is 6.92 Å². The summed E-state index contributed by atoms with van der Waals surface area (Å²) in [6.45, 7) is 19.5. The smallest absolute Gasteiger partial charge is 0.312 e. The van der Waals surface area contributed by atoms with Crippen LogP contribution in [0.2, 0.25) is 0 Å². The molecule has 8 amide bonds. The molecule has 0 heterocycles. The van der Waals surface area contributed by atoms with E-state index < -0.39 is 109 Å². The number of amides is 8. The summed E-state index contributed by atoms with van der Waals surface area (Å²) in [5.41, 5.74) is 5.87. The molecule has 1 aromatic rings. The van der Waals surface area contributed by atoms with Gasteiger partial charge in [-0.3, -0.25) is 52.7 Å². The van der Waals surface area contributed by atoms with E-state index >= 15 is 0 Å². The number of Topliss-reactive ketones (excluding diaryl/α,β-unsaturated/α-hetero) is 1. The van der Waals surface area contributed by atoms with Crippen LogP contribution in [0.4, 0.5) is 10.5 Å². The van der Waals surface area contributed by atoms with Crippen LogP contribution in [0.3, 0.4) is 0 Å². The Hall–Kier alpha value is -7.18. The monoisotopic (exact) mass is 1000 g/mol. The van der Waals surface area contributed by atoms with Gasteiger partial charge in [0.15, 0.2) is 0 Å². The van der Waals surface area contributed by atoms with E-state index in [0.717, 1.165) is 20.3 Å². The van der Waals surface area contributed by atoms with Crippen molar-refractivity contribution in [2.45, 2.75) is 127 Å². The molecule has 400 valence electrons. The van der Waals surface area contributed by atoms with Crippen LogP contribution in [0, 0.1) is 11.8 Å². The first kappa shape index (κ1) is 71.8. The molecule has 0 aliphatic carbocycles. The molecule has 2 unspecified atom stereocenters. The zero-order chi connectivity index (χ0) is 55.4. The molecule has 1 rings (SSSR count). The van der Waals surface area contributed by atoms with E-state index in [4.69, 9.17) is 35.0 Å². The van der Waals surface area contributed by atoms with Crippen LogP contribution >= 0.6 is 0 Å². The molecular formula is C45H78N8O17. The summed E-state index contributed by atoms with van der Waals surface area (Å²) in [4.78, 5) is 136. The summed E-state index contributed by atoms with van der Waals surface area (Å²) in [5, 5.41) is 40.7. The lowest BCUT2D eigenvalue weighted by molar-refractivity contribution is -0.142. The van der Waals surface area contributed by atoms with Crippen molar-refractivity contribution >= 4 is 76.8 Å². The largest absolute Gasteiger partial charge is 0.481 e. The highest BCUT2D eigenvalue weighted by atomic mass is 16.5. The van der Waals surface area contributed by atoms with Crippen molar-refractivity contribution in [3.8, 4) is 0 Å². The Morgan fingerprint density at radius 2 is 1.10 bits per heavy atom. The van der Waals surface area contributed by atoms with Gasteiger partial charge in [0.1, 0.15) is 24.5 Å². The molecule has 0 saturated heterocycles. The number of rotatable bonds is 25. The molecule has 2 atom stereocenters. The summed E-state index contributed by atoms with van der Waals surface area (Å²) < 4.78 is 10.1. The van der Waals surface area contributed by atoms with Crippen molar-refractivity contribution in [1.29, 1.82) is 0 Å². The third-order valence-electron chi connectivity index (χ3n) is 7.43. The number of carboxylic acid groups (broad SMARTS) is 3. The summed E-state index contributed by atoms with van der Waals surface area (Å²) >= 11 is 0. The second-order valence-electron chi connectivity index (χ2n) is 14.3. The normalized spacial score (nSPS) is 10.3. The molecule has 70 heavy (non-hydrogen) atoms. The molecule has 0 saturated carbocycles. The number of urea groups is 1. The van der Waals surface area contributed by atoms with E-state index in [-0.39, 0.29) is 44.4 Å². The minimum atomic E-state index is -1.59. The molecule has 25 nitrogen and oxygen atoms in total. The third kappa shape index (κ3) is 48.7. The zero-order valence-electron chi connectivity index (χ0n) is 42.5. The number of ketones is 1. The van der Waals surface area contributed by atoms with E-state index in [1.54, 1.807) is 52.0 Å². The summed E-state index contributed by atoms with van der Waals surface area (Å²) in [5.74, 6) is -8.51. The Bertz CT molecular complexity index is 1740. The first-order chi connectivity index (χ1) is 32.7. The van der Waals surface area contributed by atoms with Crippen molar-refractivity contribution in [3.63, 3.8) is 0 Å².